The van der Waals surface area contributed by atoms with Crippen LogP contribution in [0.5, 0.6) is 0 Å². The second-order valence-electron chi connectivity index (χ2n) is 4.07. The van der Waals surface area contributed by atoms with Crippen LogP contribution in [-0.4, -0.2) is 15.0 Å². The number of hydrogen-bond donors (Lipinski definition) is 1. The number of rotatable bonds is 2. The number of nitrogens with one attached hydrogen (secondary N) is 1. The van der Waals surface area contributed by atoms with Gasteiger partial charge in [-0.3, -0.25) is 0 Å². The number of aromatic nitrogens is 3. The molecule has 0 aliphatic heterocycles. The fourth-order valence-corrected chi connectivity index (χ4v) is 1.73. The number of H-pyrrole nitrogens is 1. The largest absolute Gasteiger partial charge is 0.345 e. The van der Waals surface area contributed by atoms with Crippen molar-refractivity contribution in [2.75, 3.05) is 0 Å². The Morgan fingerprint density at radius 3 is 2.50 bits per heavy atom. The Morgan fingerprint density at radius 2 is 2.00 bits per heavy atom. The Labute approximate surface area is 108 Å². The minimum atomic E-state index is 0.295. The molecule has 1 N–H and O–H groups in total. The molecule has 0 fully saturated rings. The number of aryl methyl sites for hydroxylation is 1. The van der Waals surface area contributed by atoms with E-state index in [9.17, 15) is 0 Å². The SMILES string of the molecule is CC.CCc1nc(C(C)C)nc2[nH]cc(C#N)c12. The van der Waals surface area contributed by atoms with E-state index in [0.717, 1.165) is 29.0 Å². The van der Waals surface area contributed by atoms with Crippen molar-refractivity contribution < 1.29 is 0 Å². The van der Waals surface area contributed by atoms with Crippen molar-refractivity contribution in [1.29, 1.82) is 5.26 Å². The van der Waals surface area contributed by atoms with Crippen LogP contribution in [0.15, 0.2) is 6.20 Å². The van der Waals surface area contributed by atoms with Gasteiger partial charge in [0, 0.05) is 12.1 Å². The summed E-state index contributed by atoms with van der Waals surface area (Å²) in [6, 6.07) is 2.16. The van der Waals surface area contributed by atoms with Gasteiger partial charge in [0.25, 0.3) is 0 Å². The summed E-state index contributed by atoms with van der Waals surface area (Å²) in [7, 11) is 0. The van der Waals surface area contributed by atoms with Gasteiger partial charge in [0.1, 0.15) is 17.5 Å². The first-order valence-electron chi connectivity index (χ1n) is 6.45. The normalized spacial score (nSPS) is 10.1. The summed E-state index contributed by atoms with van der Waals surface area (Å²) in [5.74, 6) is 1.12. The molecule has 96 valence electrons. The van der Waals surface area contributed by atoms with Gasteiger partial charge in [0.15, 0.2) is 0 Å². The van der Waals surface area contributed by atoms with Gasteiger partial charge in [-0.25, -0.2) is 9.97 Å². The van der Waals surface area contributed by atoms with Gasteiger partial charge < -0.3 is 4.98 Å². The molecule has 4 nitrogen and oxygen atoms in total. The van der Waals surface area contributed by atoms with E-state index in [1.807, 2.05) is 20.8 Å². The van der Waals surface area contributed by atoms with Crippen molar-refractivity contribution in [2.45, 2.75) is 47.0 Å². The molecule has 0 aromatic carbocycles. The molecule has 0 saturated carbocycles. The van der Waals surface area contributed by atoms with E-state index in [-0.39, 0.29) is 0 Å². The van der Waals surface area contributed by atoms with E-state index in [0.29, 0.717) is 11.5 Å². The van der Waals surface area contributed by atoms with Crippen LogP contribution < -0.4 is 0 Å². The first-order valence-corrected chi connectivity index (χ1v) is 6.45. The third-order valence-electron chi connectivity index (χ3n) is 2.60. The average molecular weight is 244 g/mol. The third-order valence-corrected chi connectivity index (χ3v) is 2.60. The molecule has 0 atom stereocenters. The molecule has 0 radical (unpaired) electrons. The Balaban J connectivity index is 0.000000771. The maximum Gasteiger partial charge on any atom is 0.142 e. The van der Waals surface area contributed by atoms with Gasteiger partial charge in [-0.1, -0.05) is 34.6 Å². The monoisotopic (exact) mass is 244 g/mol. The van der Waals surface area contributed by atoms with Crippen LogP contribution in [0, 0.1) is 11.3 Å². The van der Waals surface area contributed by atoms with E-state index >= 15 is 0 Å². The first-order chi connectivity index (χ1) is 8.67. The maximum absolute atomic E-state index is 9.00. The standard InChI is InChI=1S/C12H14N4.C2H6/c1-4-9-10-8(5-13)6-14-12(10)16-11(15-9)7(2)3;1-2/h6-7H,4H2,1-3H3,(H,14,15,16);1-2H3. The predicted molar refractivity (Wildman–Crippen MR) is 73.4 cm³/mol. The lowest BCUT2D eigenvalue weighted by molar-refractivity contribution is 0.768. The summed E-state index contributed by atoms with van der Waals surface area (Å²) < 4.78 is 0. The molecule has 0 aliphatic carbocycles. The summed E-state index contributed by atoms with van der Waals surface area (Å²) in [6.45, 7) is 10.2. The second-order valence-corrected chi connectivity index (χ2v) is 4.07. The van der Waals surface area contributed by atoms with Crippen molar-refractivity contribution in [1.82, 2.24) is 15.0 Å². The molecule has 0 unspecified atom stereocenters. The van der Waals surface area contributed by atoms with Gasteiger partial charge in [0.05, 0.1) is 16.6 Å². The number of nitriles is 1. The molecule has 18 heavy (non-hydrogen) atoms. The van der Waals surface area contributed by atoms with Crippen molar-refractivity contribution in [3.05, 3.63) is 23.3 Å². The predicted octanol–water partition coefficient (Wildman–Crippen LogP) is 3.54. The van der Waals surface area contributed by atoms with Gasteiger partial charge >= 0.3 is 0 Å². The first kappa shape index (κ1) is 14.2. The van der Waals surface area contributed by atoms with E-state index in [1.54, 1.807) is 6.20 Å². The summed E-state index contributed by atoms with van der Waals surface area (Å²) in [6.07, 6.45) is 2.51. The molecule has 2 aromatic rings. The molecule has 2 aromatic heterocycles. The van der Waals surface area contributed by atoms with Crippen LogP contribution in [0.4, 0.5) is 0 Å². The molecule has 0 spiro atoms. The van der Waals surface area contributed by atoms with Crippen LogP contribution in [0.25, 0.3) is 11.0 Å². The van der Waals surface area contributed by atoms with Gasteiger partial charge in [0.2, 0.25) is 0 Å². The lowest BCUT2D eigenvalue weighted by atomic mass is 10.1. The zero-order valence-electron chi connectivity index (χ0n) is 11.7. The van der Waals surface area contributed by atoms with Gasteiger partial charge in [-0.05, 0) is 6.42 Å². The summed E-state index contributed by atoms with van der Waals surface area (Å²) in [5.41, 5.74) is 2.35. The third kappa shape index (κ3) is 2.51. The minimum absolute atomic E-state index is 0.295. The lowest BCUT2D eigenvalue weighted by Gasteiger charge is -2.06. The van der Waals surface area contributed by atoms with Crippen molar-refractivity contribution >= 4 is 11.0 Å². The lowest BCUT2D eigenvalue weighted by Crippen LogP contribution is -2.02. The Hall–Kier alpha value is -1.89. The Bertz CT molecular complexity index is 561. The number of hydrogen-bond acceptors (Lipinski definition) is 3. The zero-order chi connectivity index (χ0) is 13.7. The Kier molecular flexibility index (Phi) is 4.85. The van der Waals surface area contributed by atoms with Crippen molar-refractivity contribution in [3.63, 3.8) is 0 Å². The molecule has 0 aliphatic rings. The molecule has 0 saturated heterocycles. The molecular weight excluding hydrogens is 224 g/mol. The zero-order valence-corrected chi connectivity index (χ0v) is 11.7. The molecule has 2 heterocycles. The topological polar surface area (TPSA) is 65.4 Å². The average Bonchev–Trinajstić information content (AvgIpc) is 2.82. The Morgan fingerprint density at radius 1 is 1.33 bits per heavy atom. The molecule has 2 rings (SSSR count). The quantitative estimate of drug-likeness (QED) is 0.878. The van der Waals surface area contributed by atoms with Crippen molar-refractivity contribution in [3.8, 4) is 6.07 Å². The fourth-order valence-electron chi connectivity index (χ4n) is 1.73. The van der Waals surface area contributed by atoms with E-state index < -0.39 is 0 Å². The van der Waals surface area contributed by atoms with Gasteiger partial charge in [-0.2, -0.15) is 5.26 Å². The molecule has 0 bridgehead atoms. The summed E-state index contributed by atoms with van der Waals surface area (Å²) in [4.78, 5) is 12.0. The molecule has 0 amide bonds. The minimum Gasteiger partial charge on any atom is -0.345 e. The number of aromatic amines is 1. The van der Waals surface area contributed by atoms with Crippen LogP contribution >= 0.6 is 0 Å². The van der Waals surface area contributed by atoms with Crippen molar-refractivity contribution in [2.24, 2.45) is 0 Å². The van der Waals surface area contributed by atoms with E-state index in [1.165, 1.54) is 0 Å². The van der Waals surface area contributed by atoms with E-state index in [4.69, 9.17) is 5.26 Å². The van der Waals surface area contributed by atoms with E-state index in [2.05, 4.69) is 34.9 Å². The maximum atomic E-state index is 9.00. The van der Waals surface area contributed by atoms with Crippen LogP contribution in [0.1, 0.15) is 57.6 Å². The van der Waals surface area contributed by atoms with Crippen LogP contribution in [0.2, 0.25) is 0 Å². The highest BCUT2D eigenvalue weighted by molar-refractivity contribution is 5.84. The highest BCUT2D eigenvalue weighted by Gasteiger charge is 2.13. The summed E-state index contributed by atoms with van der Waals surface area (Å²) in [5, 5.41) is 9.87. The van der Waals surface area contributed by atoms with Gasteiger partial charge in [-0.15, -0.1) is 0 Å². The number of nitrogens with zero attached hydrogens (tertiary/aromatic N) is 3. The molecular formula is C14H20N4. The highest BCUT2D eigenvalue weighted by Crippen LogP contribution is 2.22. The van der Waals surface area contributed by atoms with Crippen LogP contribution in [-0.2, 0) is 6.42 Å². The van der Waals surface area contributed by atoms with Crippen LogP contribution in [0.3, 0.4) is 0 Å². The number of fused-ring (bicyclic) bond motifs is 1. The fraction of sp³-hybridized carbons (Fsp3) is 0.500. The molecule has 4 heteroatoms. The smallest absolute Gasteiger partial charge is 0.142 e. The summed E-state index contributed by atoms with van der Waals surface area (Å²) >= 11 is 0. The highest BCUT2D eigenvalue weighted by atomic mass is 15.0. The second kappa shape index (κ2) is 6.15.